The van der Waals surface area contributed by atoms with Crippen LogP contribution in [0.5, 0.6) is 0 Å². The van der Waals surface area contributed by atoms with Crippen LogP contribution in [0.4, 0.5) is 5.82 Å². The predicted octanol–water partition coefficient (Wildman–Crippen LogP) is 3.66. The molecule has 1 aliphatic rings. The Bertz CT molecular complexity index is 638. The smallest absolute Gasteiger partial charge is 0.133 e. The lowest BCUT2D eigenvalue weighted by Crippen LogP contribution is -2.07. The number of nitrogens with one attached hydrogen (secondary N) is 1. The van der Waals surface area contributed by atoms with Gasteiger partial charge in [-0.25, -0.2) is 4.68 Å². The monoisotopic (exact) mass is 269 g/mol. The maximum absolute atomic E-state index is 4.89. The average Bonchev–Trinajstić information content (AvgIpc) is 2.93. The SMILES string of the molecule is Cc1ccc(-n2nc(CC(C)C)c3c2NCC3)c(C)c1. The number of fused-ring (bicyclic) bond motifs is 1. The van der Waals surface area contributed by atoms with Gasteiger partial charge in [0.25, 0.3) is 0 Å². The minimum atomic E-state index is 0.641. The van der Waals surface area contributed by atoms with Gasteiger partial charge in [0.15, 0.2) is 0 Å². The normalized spacial score (nSPS) is 13.7. The van der Waals surface area contributed by atoms with E-state index in [1.54, 1.807) is 0 Å². The number of aromatic nitrogens is 2. The molecule has 1 aliphatic heterocycles. The molecule has 0 amide bonds. The fourth-order valence-electron chi connectivity index (χ4n) is 3.01. The van der Waals surface area contributed by atoms with Crippen LogP contribution in [0.1, 0.15) is 36.2 Å². The summed E-state index contributed by atoms with van der Waals surface area (Å²) in [6, 6.07) is 6.56. The Morgan fingerprint density at radius 2 is 2.10 bits per heavy atom. The van der Waals surface area contributed by atoms with Crippen LogP contribution in [0.2, 0.25) is 0 Å². The van der Waals surface area contributed by atoms with Crippen LogP contribution in [-0.4, -0.2) is 16.3 Å². The number of hydrogen-bond donors (Lipinski definition) is 1. The van der Waals surface area contributed by atoms with Gasteiger partial charge < -0.3 is 5.32 Å². The molecule has 0 bridgehead atoms. The van der Waals surface area contributed by atoms with Crippen molar-refractivity contribution in [3.8, 4) is 5.69 Å². The zero-order valence-electron chi connectivity index (χ0n) is 12.8. The van der Waals surface area contributed by atoms with Crippen molar-refractivity contribution >= 4 is 5.82 Å². The van der Waals surface area contributed by atoms with E-state index in [4.69, 9.17) is 5.10 Å². The Balaban J connectivity index is 2.10. The molecule has 3 heteroatoms. The van der Waals surface area contributed by atoms with Crippen LogP contribution in [0.25, 0.3) is 5.69 Å². The maximum atomic E-state index is 4.89. The molecular weight excluding hydrogens is 246 g/mol. The molecule has 0 atom stereocenters. The van der Waals surface area contributed by atoms with E-state index >= 15 is 0 Å². The first-order valence-corrected chi connectivity index (χ1v) is 7.48. The van der Waals surface area contributed by atoms with Crippen molar-refractivity contribution in [3.63, 3.8) is 0 Å². The number of anilines is 1. The molecule has 1 N–H and O–H groups in total. The zero-order chi connectivity index (χ0) is 14.3. The van der Waals surface area contributed by atoms with Crippen LogP contribution >= 0.6 is 0 Å². The second-order valence-electron chi connectivity index (χ2n) is 6.25. The van der Waals surface area contributed by atoms with Crippen LogP contribution in [0.3, 0.4) is 0 Å². The largest absolute Gasteiger partial charge is 0.369 e. The number of hydrogen-bond acceptors (Lipinski definition) is 2. The third kappa shape index (κ3) is 2.21. The highest BCUT2D eigenvalue weighted by Gasteiger charge is 2.23. The molecule has 106 valence electrons. The second-order valence-corrected chi connectivity index (χ2v) is 6.25. The number of benzene rings is 1. The summed E-state index contributed by atoms with van der Waals surface area (Å²) in [7, 11) is 0. The van der Waals surface area contributed by atoms with Gasteiger partial charge in [-0.1, -0.05) is 31.5 Å². The van der Waals surface area contributed by atoms with Crippen molar-refractivity contribution in [3.05, 3.63) is 40.6 Å². The molecule has 0 saturated heterocycles. The Morgan fingerprint density at radius 3 is 2.80 bits per heavy atom. The molecule has 20 heavy (non-hydrogen) atoms. The molecule has 3 rings (SSSR count). The van der Waals surface area contributed by atoms with Crippen LogP contribution in [0, 0.1) is 19.8 Å². The summed E-state index contributed by atoms with van der Waals surface area (Å²) in [6.07, 6.45) is 2.16. The Morgan fingerprint density at radius 1 is 1.30 bits per heavy atom. The lowest BCUT2D eigenvalue weighted by Gasteiger charge is -2.10. The van der Waals surface area contributed by atoms with Gasteiger partial charge in [-0.2, -0.15) is 5.10 Å². The molecule has 0 radical (unpaired) electrons. The molecule has 0 fully saturated rings. The van der Waals surface area contributed by atoms with Crippen LogP contribution in [-0.2, 0) is 12.8 Å². The van der Waals surface area contributed by atoms with E-state index in [0.717, 1.165) is 19.4 Å². The fraction of sp³-hybridized carbons (Fsp3) is 0.471. The van der Waals surface area contributed by atoms with Crippen molar-refractivity contribution in [2.75, 3.05) is 11.9 Å². The second kappa shape index (κ2) is 4.97. The maximum Gasteiger partial charge on any atom is 0.133 e. The summed E-state index contributed by atoms with van der Waals surface area (Å²) in [5.74, 6) is 1.84. The summed E-state index contributed by atoms with van der Waals surface area (Å²) >= 11 is 0. The molecule has 0 aliphatic carbocycles. The van der Waals surface area contributed by atoms with Crippen molar-refractivity contribution < 1.29 is 0 Å². The molecule has 1 aromatic carbocycles. The van der Waals surface area contributed by atoms with Crippen LogP contribution in [0.15, 0.2) is 18.2 Å². The highest BCUT2D eigenvalue weighted by Crippen LogP contribution is 2.31. The lowest BCUT2D eigenvalue weighted by atomic mass is 10.0. The number of rotatable bonds is 3. The first kappa shape index (κ1) is 13.2. The van der Waals surface area contributed by atoms with Crippen molar-refractivity contribution in [2.24, 2.45) is 5.92 Å². The van der Waals surface area contributed by atoms with Gasteiger partial charge in [-0.15, -0.1) is 0 Å². The minimum absolute atomic E-state index is 0.641. The highest BCUT2D eigenvalue weighted by molar-refractivity contribution is 5.58. The van der Waals surface area contributed by atoms with E-state index in [1.807, 2.05) is 0 Å². The Kier molecular flexibility index (Phi) is 3.28. The average molecular weight is 269 g/mol. The molecule has 0 unspecified atom stereocenters. The van der Waals surface area contributed by atoms with Gasteiger partial charge >= 0.3 is 0 Å². The Hall–Kier alpha value is -1.77. The van der Waals surface area contributed by atoms with E-state index in [9.17, 15) is 0 Å². The third-order valence-electron chi connectivity index (χ3n) is 3.92. The molecule has 1 aromatic heterocycles. The zero-order valence-corrected chi connectivity index (χ0v) is 12.8. The van der Waals surface area contributed by atoms with Gasteiger partial charge in [0, 0.05) is 12.1 Å². The van der Waals surface area contributed by atoms with Crippen molar-refractivity contribution in [2.45, 2.75) is 40.5 Å². The van der Waals surface area contributed by atoms with E-state index < -0.39 is 0 Å². The quantitative estimate of drug-likeness (QED) is 0.921. The summed E-state index contributed by atoms with van der Waals surface area (Å²) in [5.41, 5.74) is 6.44. The third-order valence-corrected chi connectivity index (χ3v) is 3.92. The summed E-state index contributed by atoms with van der Waals surface area (Å²) < 4.78 is 2.11. The molecule has 2 heterocycles. The summed E-state index contributed by atoms with van der Waals surface area (Å²) in [6.45, 7) is 9.83. The molecule has 0 spiro atoms. The first-order valence-electron chi connectivity index (χ1n) is 7.48. The lowest BCUT2D eigenvalue weighted by molar-refractivity contribution is 0.624. The molecule has 3 nitrogen and oxygen atoms in total. The standard InChI is InChI=1S/C17H23N3/c1-11(2)9-15-14-7-8-18-17(14)20(19-15)16-6-5-12(3)10-13(16)4/h5-6,10-11,18H,7-9H2,1-4H3. The van der Waals surface area contributed by atoms with Gasteiger partial charge in [0.05, 0.1) is 11.4 Å². The summed E-state index contributed by atoms with van der Waals surface area (Å²) in [4.78, 5) is 0. The number of aryl methyl sites for hydroxylation is 2. The van der Waals surface area contributed by atoms with E-state index in [2.05, 4.69) is 55.9 Å². The first-order chi connectivity index (χ1) is 9.56. The Labute approximate surface area is 121 Å². The highest BCUT2D eigenvalue weighted by atomic mass is 15.3. The number of nitrogens with zero attached hydrogens (tertiary/aromatic N) is 2. The fourth-order valence-corrected chi connectivity index (χ4v) is 3.01. The van der Waals surface area contributed by atoms with Gasteiger partial charge in [-0.05, 0) is 44.2 Å². The van der Waals surface area contributed by atoms with Crippen molar-refractivity contribution in [1.29, 1.82) is 0 Å². The van der Waals surface area contributed by atoms with Gasteiger partial charge in [0.2, 0.25) is 0 Å². The van der Waals surface area contributed by atoms with E-state index in [-0.39, 0.29) is 0 Å². The topological polar surface area (TPSA) is 29.9 Å². The molecular formula is C17H23N3. The van der Waals surface area contributed by atoms with Crippen LogP contribution < -0.4 is 5.32 Å². The van der Waals surface area contributed by atoms with Gasteiger partial charge in [0.1, 0.15) is 5.82 Å². The van der Waals surface area contributed by atoms with E-state index in [0.29, 0.717) is 5.92 Å². The van der Waals surface area contributed by atoms with Gasteiger partial charge in [-0.3, -0.25) is 0 Å². The summed E-state index contributed by atoms with van der Waals surface area (Å²) in [5, 5.41) is 8.39. The van der Waals surface area contributed by atoms with Crippen molar-refractivity contribution in [1.82, 2.24) is 9.78 Å². The molecule has 0 saturated carbocycles. The van der Waals surface area contributed by atoms with E-state index in [1.165, 1.54) is 33.9 Å². The minimum Gasteiger partial charge on any atom is -0.369 e. The molecule has 2 aromatic rings. The predicted molar refractivity (Wildman–Crippen MR) is 83.8 cm³/mol.